The predicted octanol–water partition coefficient (Wildman–Crippen LogP) is 2.82. The quantitative estimate of drug-likeness (QED) is 0.877. The number of hydrogen-bond acceptors (Lipinski definition) is 3. The Morgan fingerprint density at radius 3 is 2.41 bits per heavy atom. The Kier molecular flexibility index (Phi) is 5.58. The summed E-state index contributed by atoms with van der Waals surface area (Å²) < 4.78 is 5.65. The van der Waals surface area contributed by atoms with E-state index in [4.69, 9.17) is 9.84 Å². The fraction of sp³-hybridized carbons (Fsp3) is 0.529. The molecule has 0 saturated heterocycles. The Morgan fingerprint density at radius 1 is 1.32 bits per heavy atom. The third-order valence-electron chi connectivity index (χ3n) is 3.88. The number of carboxylic acid groups (broad SMARTS) is 1. The number of aryl methyl sites for hydroxylation is 1. The highest BCUT2D eigenvalue weighted by atomic mass is 16.5. The SMILES string of the molecule is Cc1ccc(C(C)C)c(OCC(=O)N(C)C(C)(C)C(=O)O)c1. The van der Waals surface area contributed by atoms with E-state index in [1.54, 1.807) is 0 Å². The smallest absolute Gasteiger partial charge is 0.329 e. The Hall–Kier alpha value is -2.04. The van der Waals surface area contributed by atoms with Crippen LogP contribution in [0.15, 0.2) is 18.2 Å². The molecule has 0 saturated carbocycles. The van der Waals surface area contributed by atoms with E-state index in [0.29, 0.717) is 5.75 Å². The standard InChI is InChI=1S/C17H25NO4/c1-11(2)13-8-7-12(3)9-14(13)22-10-15(19)18(6)17(4,5)16(20)21/h7-9,11H,10H2,1-6H3,(H,20,21). The van der Waals surface area contributed by atoms with Gasteiger partial charge in [-0.15, -0.1) is 0 Å². The largest absolute Gasteiger partial charge is 0.483 e. The first kappa shape index (κ1) is 18.0. The lowest BCUT2D eigenvalue weighted by molar-refractivity contribution is -0.156. The van der Waals surface area contributed by atoms with Crippen LogP contribution in [0.3, 0.4) is 0 Å². The third kappa shape index (κ3) is 4.00. The van der Waals surface area contributed by atoms with Crippen LogP contribution in [0.2, 0.25) is 0 Å². The number of ether oxygens (including phenoxy) is 1. The maximum atomic E-state index is 12.2. The minimum absolute atomic E-state index is 0.184. The van der Waals surface area contributed by atoms with Crippen molar-refractivity contribution >= 4 is 11.9 Å². The molecule has 1 rings (SSSR count). The summed E-state index contributed by atoms with van der Waals surface area (Å²) in [5, 5.41) is 9.16. The summed E-state index contributed by atoms with van der Waals surface area (Å²) in [6.07, 6.45) is 0. The number of carboxylic acids is 1. The van der Waals surface area contributed by atoms with Gasteiger partial charge in [-0.2, -0.15) is 0 Å². The van der Waals surface area contributed by atoms with Gasteiger partial charge in [0.1, 0.15) is 11.3 Å². The molecule has 0 aliphatic carbocycles. The van der Waals surface area contributed by atoms with Gasteiger partial charge in [-0.3, -0.25) is 4.79 Å². The lowest BCUT2D eigenvalue weighted by Gasteiger charge is -2.31. The first-order valence-electron chi connectivity index (χ1n) is 7.30. The van der Waals surface area contributed by atoms with Crippen molar-refractivity contribution in [2.24, 2.45) is 0 Å². The van der Waals surface area contributed by atoms with Crippen LogP contribution in [-0.4, -0.2) is 41.1 Å². The molecular formula is C17H25NO4. The molecule has 0 radical (unpaired) electrons. The molecule has 1 aromatic rings. The van der Waals surface area contributed by atoms with Crippen LogP contribution in [0.25, 0.3) is 0 Å². The molecule has 1 aromatic carbocycles. The summed E-state index contributed by atoms with van der Waals surface area (Å²) in [4.78, 5) is 24.6. The molecule has 122 valence electrons. The molecule has 0 fully saturated rings. The second kappa shape index (κ2) is 6.81. The molecular weight excluding hydrogens is 282 g/mol. The number of hydrogen-bond donors (Lipinski definition) is 1. The second-order valence-corrected chi connectivity index (χ2v) is 6.30. The molecule has 0 heterocycles. The number of carbonyl (C=O) groups is 2. The summed E-state index contributed by atoms with van der Waals surface area (Å²) in [5.74, 6) is -0.478. The number of nitrogens with zero attached hydrogens (tertiary/aromatic N) is 1. The molecule has 0 spiro atoms. The van der Waals surface area contributed by atoms with E-state index in [2.05, 4.69) is 13.8 Å². The number of carbonyl (C=O) groups excluding carboxylic acids is 1. The van der Waals surface area contributed by atoms with Gasteiger partial charge in [0.15, 0.2) is 6.61 Å². The summed E-state index contributed by atoms with van der Waals surface area (Å²) in [6.45, 7) is 8.85. The molecule has 0 unspecified atom stereocenters. The van der Waals surface area contributed by atoms with Gasteiger partial charge in [0, 0.05) is 7.05 Å². The van der Waals surface area contributed by atoms with Gasteiger partial charge in [-0.25, -0.2) is 4.79 Å². The topological polar surface area (TPSA) is 66.8 Å². The lowest BCUT2D eigenvalue weighted by atomic mass is 10.0. The lowest BCUT2D eigenvalue weighted by Crippen LogP contribution is -2.52. The Balaban J connectivity index is 2.84. The van der Waals surface area contributed by atoms with E-state index in [9.17, 15) is 9.59 Å². The zero-order chi connectivity index (χ0) is 17.1. The van der Waals surface area contributed by atoms with Crippen LogP contribution in [0.1, 0.15) is 44.7 Å². The Bertz CT molecular complexity index is 564. The number of aliphatic carboxylic acids is 1. The predicted molar refractivity (Wildman–Crippen MR) is 85.2 cm³/mol. The van der Waals surface area contributed by atoms with Gasteiger partial charge in [0.25, 0.3) is 5.91 Å². The summed E-state index contributed by atoms with van der Waals surface area (Å²) >= 11 is 0. The molecule has 0 bridgehead atoms. The molecule has 0 aromatic heterocycles. The maximum absolute atomic E-state index is 12.2. The molecule has 1 amide bonds. The zero-order valence-electron chi connectivity index (χ0n) is 14.1. The van der Waals surface area contributed by atoms with Gasteiger partial charge < -0.3 is 14.7 Å². The van der Waals surface area contributed by atoms with Crippen molar-refractivity contribution in [3.8, 4) is 5.75 Å². The van der Waals surface area contributed by atoms with Gasteiger partial charge in [-0.05, 0) is 43.9 Å². The summed E-state index contributed by atoms with van der Waals surface area (Å²) in [7, 11) is 1.47. The highest BCUT2D eigenvalue weighted by molar-refractivity contribution is 5.86. The molecule has 5 heteroatoms. The number of benzene rings is 1. The van der Waals surface area contributed by atoms with Gasteiger partial charge in [0.2, 0.25) is 0 Å². The maximum Gasteiger partial charge on any atom is 0.329 e. The number of rotatable bonds is 6. The first-order valence-corrected chi connectivity index (χ1v) is 7.30. The van der Waals surface area contributed by atoms with E-state index < -0.39 is 11.5 Å². The average Bonchev–Trinajstić information content (AvgIpc) is 2.43. The van der Waals surface area contributed by atoms with Crippen LogP contribution in [-0.2, 0) is 9.59 Å². The Morgan fingerprint density at radius 2 is 1.91 bits per heavy atom. The first-order chi connectivity index (χ1) is 10.1. The molecule has 22 heavy (non-hydrogen) atoms. The van der Waals surface area contributed by atoms with Crippen molar-refractivity contribution in [1.29, 1.82) is 0 Å². The highest BCUT2D eigenvalue weighted by Gasteiger charge is 2.35. The fourth-order valence-corrected chi connectivity index (χ4v) is 1.94. The summed E-state index contributed by atoms with van der Waals surface area (Å²) in [5.41, 5.74) is 0.804. The summed E-state index contributed by atoms with van der Waals surface area (Å²) in [6, 6.07) is 5.89. The van der Waals surface area contributed by atoms with Crippen LogP contribution < -0.4 is 4.74 Å². The third-order valence-corrected chi connectivity index (χ3v) is 3.88. The van der Waals surface area contributed by atoms with E-state index in [1.807, 2.05) is 25.1 Å². The number of likely N-dealkylation sites (N-methyl/N-ethyl adjacent to an activating group) is 1. The van der Waals surface area contributed by atoms with Crippen LogP contribution in [0.4, 0.5) is 0 Å². The van der Waals surface area contributed by atoms with Crippen molar-refractivity contribution in [2.45, 2.75) is 46.1 Å². The highest BCUT2D eigenvalue weighted by Crippen LogP contribution is 2.27. The van der Waals surface area contributed by atoms with Crippen LogP contribution in [0.5, 0.6) is 5.75 Å². The molecule has 0 atom stereocenters. The van der Waals surface area contributed by atoms with Gasteiger partial charge in [-0.1, -0.05) is 26.0 Å². The second-order valence-electron chi connectivity index (χ2n) is 6.30. The van der Waals surface area contributed by atoms with E-state index in [1.165, 1.54) is 25.8 Å². The molecule has 1 N–H and O–H groups in total. The van der Waals surface area contributed by atoms with Gasteiger partial charge >= 0.3 is 5.97 Å². The van der Waals surface area contributed by atoms with Crippen molar-refractivity contribution in [2.75, 3.05) is 13.7 Å². The van der Waals surface area contributed by atoms with Crippen LogP contribution in [0, 0.1) is 6.92 Å². The van der Waals surface area contributed by atoms with Crippen molar-refractivity contribution in [3.63, 3.8) is 0 Å². The van der Waals surface area contributed by atoms with Crippen molar-refractivity contribution in [3.05, 3.63) is 29.3 Å². The molecule has 0 aliphatic heterocycles. The van der Waals surface area contributed by atoms with Gasteiger partial charge in [0.05, 0.1) is 0 Å². The zero-order valence-corrected chi connectivity index (χ0v) is 14.1. The molecule has 5 nitrogen and oxygen atoms in total. The van der Waals surface area contributed by atoms with E-state index >= 15 is 0 Å². The normalized spacial score (nSPS) is 11.4. The minimum Gasteiger partial charge on any atom is -0.483 e. The fourth-order valence-electron chi connectivity index (χ4n) is 1.94. The van der Waals surface area contributed by atoms with Crippen LogP contribution >= 0.6 is 0 Å². The average molecular weight is 307 g/mol. The van der Waals surface area contributed by atoms with E-state index in [-0.39, 0.29) is 18.4 Å². The monoisotopic (exact) mass is 307 g/mol. The van der Waals surface area contributed by atoms with Crippen molar-refractivity contribution < 1.29 is 19.4 Å². The Labute approximate surface area is 131 Å². The number of amides is 1. The molecule has 0 aliphatic rings. The minimum atomic E-state index is -1.27. The van der Waals surface area contributed by atoms with E-state index in [0.717, 1.165) is 11.1 Å². The van der Waals surface area contributed by atoms with Crippen molar-refractivity contribution in [1.82, 2.24) is 4.90 Å².